The van der Waals surface area contributed by atoms with Gasteiger partial charge in [0.05, 0.1) is 28.2 Å². The summed E-state index contributed by atoms with van der Waals surface area (Å²) in [4.78, 5) is 26.2. The number of para-hydroxylation sites is 1. The molecular weight excluding hydrogens is 449 g/mol. The van der Waals surface area contributed by atoms with Crippen LogP contribution in [0.3, 0.4) is 0 Å². The fraction of sp³-hybridized carbons (Fsp3) is 0.238. The third-order valence-corrected chi connectivity index (χ3v) is 6.35. The maximum Gasteiger partial charge on any atom is 0.341 e. The number of aliphatic carboxylic acids is 1. The van der Waals surface area contributed by atoms with Crippen LogP contribution in [0.5, 0.6) is 5.75 Å². The van der Waals surface area contributed by atoms with Gasteiger partial charge in [0.2, 0.25) is 5.91 Å². The minimum Gasteiger partial charge on any atom is -0.481 e. The first-order valence-corrected chi connectivity index (χ1v) is 10.7. The lowest BCUT2D eigenvalue weighted by Gasteiger charge is -2.25. The molecule has 9 heteroatoms. The van der Waals surface area contributed by atoms with E-state index < -0.39 is 12.6 Å². The maximum atomic E-state index is 12.3. The lowest BCUT2D eigenvalue weighted by atomic mass is 10.2. The molecule has 0 saturated carbocycles. The minimum absolute atomic E-state index is 0.103. The monoisotopic (exact) mass is 467 g/mol. The molecule has 2 aromatic carbocycles. The number of nitrogens with zero attached hydrogens (tertiary/aromatic N) is 1. The Morgan fingerprint density at radius 2 is 1.83 bits per heavy atom. The number of morpholine rings is 1. The number of carboxylic acids is 1. The molecule has 0 spiro atoms. The van der Waals surface area contributed by atoms with Crippen molar-refractivity contribution < 1.29 is 24.2 Å². The second kappa shape index (κ2) is 10.7. The second-order valence-electron chi connectivity index (χ2n) is 6.28. The first-order valence-electron chi connectivity index (χ1n) is 9.10. The number of rotatable bonds is 7. The van der Waals surface area contributed by atoms with Gasteiger partial charge in [0, 0.05) is 24.1 Å². The summed E-state index contributed by atoms with van der Waals surface area (Å²) in [5.41, 5.74) is 0.628. The average Bonchev–Trinajstić information content (AvgIpc) is 2.76. The Morgan fingerprint density at radius 3 is 2.57 bits per heavy atom. The molecular formula is C21H19Cl2NO5S. The van der Waals surface area contributed by atoms with Gasteiger partial charge in [-0.1, -0.05) is 53.2 Å². The van der Waals surface area contributed by atoms with E-state index >= 15 is 0 Å². The van der Waals surface area contributed by atoms with Crippen LogP contribution in [0, 0.1) is 0 Å². The van der Waals surface area contributed by atoms with Gasteiger partial charge in [-0.15, -0.1) is 0 Å². The van der Waals surface area contributed by atoms with E-state index in [0.717, 1.165) is 0 Å². The highest BCUT2D eigenvalue weighted by Gasteiger charge is 2.16. The first kappa shape index (κ1) is 22.5. The van der Waals surface area contributed by atoms with Gasteiger partial charge in [-0.3, -0.25) is 4.79 Å². The summed E-state index contributed by atoms with van der Waals surface area (Å²) in [6, 6.07) is 10.6. The van der Waals surface area contributed by atoms with E-state index in [0.29, 0.717) is 57.5 Å². The average molecular weight is 468 g/mol. The molecule has 6 nitrogen and oxygen atoms in total. The molecule has 1 fully saturated rings. The summed E-state index contributed by atoms with van der Waals surface area (Å²) in [6.07, 6.45) is 3.12. The summed E-state index contributed by atoms with van der Waals surface area (Å²) in [7, 11) is 0. The van der Waals surface area contributed by atoms with E-state index in [1.165, 1.54) is 17.8 Å². The highest BCUT2D eigenvalue weighted by atomic mass is 35.5. The Hall–Kier alpha value is -2.19. The van der Waals surface area contributed by atoms with Crippen LogP contribution in [0.1, 0.15) is 5.56 Å². The van der Waals surface area contributed by atoms with Crippen molar-refractivity contribution >= 4 is 52.9 Å². The summed E-state index contributed by atoms with van der Waals surface area (Å²) < 4.78 is 10.6. The van der Waals surface area contributed by atoms with Crippen LogP contribution in [0.25, 0.3) is 6.08 Å². The SMILES string of the molecule is O=C(O)COc1ccccc1Sc1ccc(C=CC(=O)N2CCOCC2)c(Cl)c1Cl. The quantitative estimate of drug-likeness (QED) is 0.604. The highest BCUT2D eigenvalue weighted by Crippen LogP contribution is 2.42. The third kappa shape index (κ3) is 5.92. The van der Waals surface area contributed by atoms with Crippen LogP contribution in [0.4, 0.5) is 0 Å². The van der Waals surface area contributed by atoms with E-state index in [-0.39, 0.29) is 5.91 Å². The number of halogens is 2. The molecule has 0 aliphatic carbocycles. The van der Waals surface area contributed by atoms with Crippen molar-refractivity contribution in [1.82, 2.24) is 4.90 Å². The molecule has 0 bridgehead atoms. The molecule has 1 saturated heterocycles. The van der Waals surface area contributed by atoms with Crippen LogP contribution in [-0.2, 0) is 14.3 Å². The molecule has 3 rings (SSSR count). The Labute approximate surface area is 188 Å². The predicted octanol–water partition coefficient (Wildman–Crippen LogP) is 4.48. The minimum atomic E-state index is -1.06. The predicted molar refractivity (Wildman–Crippen MR) is 117 cm³/mol. The number of hydrogen-bond donors (Lipinski definition) is 1. The first-order chi connectivity index (χ1) is 14.5. The second-order valence-corrected chi connectivity index (χ2v) is 8.12. The molecule has 1 amide bonds. The van der Waals surface area contributed by atoms with Crippen LogP contribution in [-0.4, -0.2) is 54.8 Å². The molecule has 2 aromatic rings. The van der Waals surface area contributed by atoms with Gasteiger partial charge in [0.1, 0.15) is 5.75 Å². The van der Waals surface area contributed by atoms with Gasteiger partial charge in [0.15, 0.2) is 6.61 Å². The van der Waals surface area contributed by atoms with E-state index in [2.05, 4.69) is 0 Å². The normalized spacial score (nSPS) is 14.1. The number of ether oxygens (including phenoxy) is 2. The van der Waals surface area contributed by atoms with Gasteiger partial charge in [-0.25, -0.2) is 4.79 Å². The number of carbonyl (C=O) groups excluding carboxylic acids is 1. The number of hydrogen-bond acceptors (Lipinski definition) is 5. The van der Waals surface area contributed by atoms with Crippen molar-refractivity contribution in [1.29, 1.82) is 0 Å². The van der Waals surface area contributed by atoms with Gasteiger partial charge in [-0.05, 0) is 29.8 Å². The lowest BCUT2D eigenvalue weighted by molar-refractivity contribution is -0.139. The zero-order chi connectivity index (χ0) is 21.5. The standard InChI is InChI=1S/C21H19Cl2NO5S/c22-20-14(6-8-18(25)24-9-11-28-12-10-24)5-7-17(21(20)23)30-16-4-2-1-3-15(16)29-13-19(26)27/h1-8H,9-13H2,(H,26,27). The molecule has 30 heavy (non-hydrogen) atoms. The zero-order valence-corrected chi connectivity index (χ0v) is 18.2. The summed E-state index contributed by atoms with van der Waals surface area (Å²) in [5.74, 6) is -0.718. The summed E-state index contributed by atoms with van der Waals surface area (Å²) in [6.45, 7) is 1.77. The lowest BCUT2D eigenvalue weighted by Crippen LogP contribution is -2.39. The van der Waals surface area contributed by atoms with Crippen LogP contribution in [0.15, 0.2) is 52.3 Å². The van der Waals surface area contributed by atoms with E-state index in [1.807, 2.05) is 6.07 Å². The van der Waals surface area contributed by atoms with E-state index in [4.69, 9.17) is 37.8 Å². The van der Waals surface area contributed by atoms with E-state index in [1.54, 1.807) is 41.3 Å². The highest BCUT2D eigenvalue weighted by molar-refractivity contribution is 7.99. The van der Waals surface area contributed by atoms with Gasteiger partial charge < -0.3 is 19.5 Å². The van der Waals surface area contributed by atoms with Gasteiger partial charge in [-0.2, -0.15) is 0 Å². The third-order valence-electron chi connectivity index (χ3n) is 4.23. The fourth-order valence-electron chi connectivity index (χ4n) is 2.72. The van der Waals surface area contributed by atoms with Gasteiger partial charge in [0.25, 0.3) is 0 Å². The Morgan fingerprint density at radius 1 is 1.10 bits per heavy atom. The van der Waals surface area contributed by atoms with Crippen molar-refractivity contribution in [2.75, 3.05) is 32.9 Å². The van der Waals surface area contributed by atoms with Crippen LogP contribution >= 0.6 is 35.0 Å². The van der Waals surface area contributed by atoms with Crippen molar-refractivity contribution in [3.05, 3.63) is 58.1 Å². The number of benzene rings is 2. The summed E-state index contributed by atoms with van der Waals surface area (Å²) in [5, 5.41) is 9.50. The molecule has 0 atom stereocenters. The number of carboxylic acid groups (broad SMARTS) is 1. The van der Waals surface area contributed by atoms with Crippen molar-refractivity contribution in [3.63, 3.8) is 0 Å². The smallest absolute Gasteiger partial charge is 0.341 e. The Kier molecular flexibility index (Phi) is 8.04. The Balaban J connectivity index is 1.74. The fourth-order valence-corrected chi connectivity index (χ4v) is 4.23. The topological polar surface area (TPSA) is 76.1 Å². The van der Waals surface area contributed by atoms with Crippen LogP contribution < -0.4 is 4.74 Å². The number of amides is 1. The molecule has 1 aliphatic heterocycles. The van der Waals surface area contributed by atoms with Gasteiger partial charge >= 0.3 is 5.97 Å². The summed E-state index contributed by atoms with van der Waals surface area (Å²) >= 11 is 14.2. The van der Waals surface area contributed by atoms with E-state index in [9.17, 15) is 9.59 Å². The number of carbonyl (C=O) groups is 2. The van der Waals surface area contributed by atoms with Crippen molar-refractivity contribution in [3.8, 4) is 5.75 Å². The zero-order valence-electron chi connectivity index (χ0n) is 15.8. The molecule has 0 radical (unpaired) electrons. The van der Waals surface area contributed by atoms with Crippen LogP contribution in [0.2, 0.25) is 10.0 Å². The molecule has 0 aromatic heterocycles. The molecule has 1 heterocycles. The maximum absolute atomic E-state index is 12.3. The molecule has 1 aliphatic rings. The Bertz CT molecular complexity index is 960. The molecule has 158 valence electrons. The largest absolute Gasteiger partial charge is 0.481 e. The molecule has 0 unspecified atom stereocenters. The molecule has 1 N–H and O–H groups in total. The van der Waals surface area contributed by atoms with Crippen molar-refractivity contribution in [2.45, 2.75) is 9.79 Å². The van der Waals surface area contributed by atoms with Crippen molar-refractivity contribution in [2.24, 2.45) is 0 Å².